The summed E-state index contributed by atoms with van der Waals surface area (Å²) in [4.78, 5) is 11.4. The van der Waals surface area contributed by atoms with Gasteiger partial charge in [0.2, 0.25) is 0 Å². The molecule has 1 unspecified atom stereocenters. The van der Waals surface area contributed by atoms with Gasteiger partial charge in [-0.05, 0) is 38.0 Å². The third-order valence-corrected chi connectivity index (χ3v) is 2.30. The van der Waals surface area contributed by atoms with E-state index >= 15 is 0 Å². The van der Waals surface area contributed by atoms with Gasteiger partial charge in [0.1, 0.15) is 5.75 Å². The molecule has 1 amide bonds. The van der Waals surface area contributed by atoms with Crippen LogP contribution in [0.3, 0.4) is 0 Å². The average Bonchev–Trinajstić information content (AvgIpc) is 2.27. The molecule has 0 heterocycles. The Bertz CT molecular complexity index is 388. The molecule has 0 aromatic heterocycles. The minimum absolute atomic E-state index is 0.0307. The van der Waals surface area contributed by atoms with Gasteiger partial charge in [-0.3, -0.25) is 4.79 Å². The molecule has 0 aliphatic carbocycles. The molecule has 0 spiro atoms. The second kappa shape index (κ2) is 6.25. The monoisotopic (exact) mass is 237 g/mol. The number of aliphatic hydroxyl groups excluding tert-OH is 1. The molecule has 1 rings (SSSR count). The number of aryl methyl sites for hydroxylation is 2. The van der Waals surface area contributed by atoms with Crippen molar-refractivity contribution < 1.29 is 14.6 Å². The number of carbonyl (C=O) groups excluding carboxylic acids is 1. The molecule has 1 aromatic rings. The molecule has 0 aliphatic heterocycles. The van der Waals surface area contributed by atoms with E-state index in [-0.39, 0.29) is 19.1 Å². The topological polar surface area (TPSA) is 58.6 Å². The van der Waals surface area contributed by atoms with Gasteiger partial charge in [-0.15, -0.1) is 0 Å². The molecule has 2 N–H and O–H groups in total. The number of aliphatic hydroxyl groups is 1. The molecule has 1 aromatic carbocycles. The lowest BCUT2D eigenvalue weighted by atomic mass is 10.1. The van der Waals surface area contributed by atoms with E-state index in [1.807, 2.05) is 32.0 Å². The molecule has 0 saturated heterocycles. The van der Waals surface area contributed by atoms with Crippen LogP contribution in [-0.4, -0.2) is 30.3 Å². The van der Waals surface area contributed by atoms with E-state index < -0.39 is 6.10 Å². The number of amides is 1. The first-order valence-electron chi connectivity index (χ1n) is 5.64. The third-order valence-electron chi connectivity index (χ3n) is 2.30. The predicted molar refractivity (Wildman–Crippen MR) is 66.1 cm³/mol. The summed E-state index contributed by atoms with van der Waals surface area (Å²) in [5.74, 6) is 0.490. The maximum absolute atomic E-state index is 11.4. The van der Waals surface area contributed by atoms with Crippen molar-refractivity contribution in [1.29, 1.82) is 0 Å². The van der Waals surface area contributed by atoms with Gasteiger partial charge in [0.25, 0.3) is 5.91 Å². The lowest BCUT2D eigenvalue weighted by Crippen LogP contribution is -2.34. The van der Waals surface area contributed by atoms with Crippen molar-refractivity contribution >= 4 is 5.91 Å². The minimum atomic E-state index is -0.542. The number of rotatable bonds is 5. The van der Waals surface area contributed by atoms with Crippen molar-refractivity contribution in [2.45, 2.75) is 26.9 Å². The van der Waals surface area contributed by atoms with Gasteiger partial charge in [-0.25, -0.2) is 0 Å². The Morgan fingerprint density at radius 3 is 2.82 bits per heavy atom. The fourth-order valence-electron chi connectivity index (χ4n) is 1.32. The van der Waals surface area contributed by atoms with Crippen LogP contribution in [0.15, 0.2) is 18.2 Å². The normalized spacial score (nSPS) is 12.0. The van der Waals surface area contributed by atoms with Gasteiger partial charge < -0.3 is 15.2 Å². The minimum Gasteiger partial charge on any atom is -0.483 e. The van der Waals surface area contributed by atoms with E-state index in [1.54, 1.807) is 6.92 Å². The van der Waals surface area contributed by atoms with E-state index in [1.165, 1.54) is 0 Å². The van der Waals surface area contributed by atoms with Gasteiger partial charge >= 0.3 is 0 Å². The second-order valence-electron chi connectivity index (χ2n) is 4.21. The molecule has 17 heavy (non-hydrogen) atoms. The van der Waals surface area contributed by atoms with Crippen molar-refractivity contribution in [3.05, 3.63) is 29.3 Å². The zero-order valence-corrected chi connectivity index (χ0v) is 10.5. The second-order valence-corrected chi connectivity index (χ2v) is 4.21. The molecule has 4 nitrogen and oxygen atoms in total. The maximum atomic E-state index is 11.4. The number of hydrogen-bond acceptors (Lipinski definition) is 3. The van der Waals surface area contributed by atoms with Gasteiger partial charge in [-0.1, -0.05) is 12.1 Å². The summed E-state index contributed by atoms with van der Waals surface area (Å²) in [6.07, 6.45) is -0.542. The molecule has 0 radical (unpaired) electrons. The van der Waals surface area contributed by atoms with Crippen molar-refractivity contribution in [3.8, 4) is 5.75 Å². The summed E-state index contributed by atoms with van der Waals surface area (Å²) in [7, 11) is 0. The molecule has 1 atom stereocenters. The SMILES string of the molecule is Cc1ccc(C)c(OCC(=O)NCC(C)O)c1. The predicted octanol–water partition coefficient (Wildman–Crippen LogP) is 1.18. The van der Waals surface area contributed by atoms with Crippen molar-refractivity contribution in [1.82, 2.24) is 5.32 Å². The molecule has 0 bridgehead atoms. The van der Waals surface area contributed by atoms with Crippen LogP contribution >= 0.6 is 0 Å². The van der Waals surface area contributed by atoms with Gasteiger partial charge in [-0.2, -0.15) is 0 Å². The molecule has 4 heteroatoms. The molecular weight excluding hydrogens is 218 g/mol. The van der Waals surface area contributed by atoms with Gasteiger partial charge in [0, 0.05) is 6.54 Å². The molecular formula is C13H19NO3. The van der Waals surface area contributed by atoms with E-state index in [9.17, 15) is 4.79 Å². The first kappa shape index (κ1) is 13.5. The Kier molecular flexibility index (Phi) is 4.97. The summed E-state index contributed by atoms with van der Waals surface area (Å²) in [5, 5.41) is 11.6. The van der Waals surface area contributed by atoms with Crippen molar-refractivity contribution in [2.24, 2.45) is 0 Å². The fourth-order valence-corrected chi connectivity index (χ4v) is 1.32. The Morgan fingerprint density at radius 1 is 1.47 bits per heavy atom. The summed E-state index contributed by atoms with van der Waals surface area (Å²) in [5.41, 5.74) is 2.09. The van der Waals surface area contributed by atoms with Crippen LogP contribution in [0.25, 0.3) is 0 Å². The lowest BCUT2D eigenvalue weighted by Gasteiger charge is -2.11. The molecule has 0 aliphatic rings. The Balaban J connectivity index is 2.44. The van der Waals surface area contributed by atoms with Crippen LogP contribution in [0, 0.1) is 13.8 Å². The third kappa shape index (κ3) is 4.87. The summed E-state index contributed by atoms with van der Waals surface area (Å²) in [6, 6.07) is 5.85. The van der Waals surface area contributed by atoms with E-state index in [0.717, 1.165) is 16.9 Å². The van der Waals surface area contributed by atoms with Crippen LogP contribution in [0.5, 0.6) is 5.75 Å². The van der Waals surface area contributed by atoms with Crippen molar-refractivity contribution in [2.75, 3.05) is 13.2 Å². The maximum Gasteiger partial charge on any atom is 0.258 e. The Morgan fingerprint density at radius 2 is 2.18 bits per heavy atom. The van der Waals surface area contributed by atoms with Crippen LogP contribution < -0.4 is 10.1 Å². The molecule has 0 fully saturated rings. The Hall–Kier alpha value is -1.55. The molecule has 94 valence electrons. The fraction of sp³-hybridized carbons (Fsp3) is 0.462. The number of benzene rings is 1. The first-order chi connectivity index (χ1) is 7.99. The first-order valence-corrected chi connectivity index (χ1v) is 5.64. The largest absolute Gasteiger partial charge is 0.483 e. The van der Waals surface area contributed by atoms with E-state index in [2.05, 4.69) is 5.32 Å². The van der Waals surface area contributed by atoms with Gasteiger partial charge in [0.05, 0.1) is 6.10 Å². The van der Waals surface area contributed by atoms with Crippen LogP contribution in [-0.2, 0) is 4.79 Å². The number of nitrogens with one attached hydrogen (secondary N) is 1. The van der Waals surface area contributed by atoms with Crippen LogP contribution in [0.2, 0.25) is 0 Å². The zero-order chi connectivity index (χ0) is 12.8. The lowest BCUT2D eigenvalue weighted by molar-refractivity contribution is -0.123. The highest BCUT2D eigenvalue weighted by atomic mass is 16.5. The zero-order valence-electron chi connectivity index (χ0n) is 10.5. The van der Waals surface area contributed by atoms with E-state index in [0.29, 0.717) is 0 Å². The highest BCUT2D eigenvalue weighted by Crippen LogP contribution is 2.18. The molecule has 0 saturated carbocycles. The van der Waals surface area contributed by atoms with E-state index in [4.69, 9.17) is 9.84 Å². The summed E-state index contributed by atoms with van der Waals surface area (Å²) >= 11 is 0. The smallest absolute Gasteiger partial charge is 0.258 e. The number of carbonyl (C=O) groups is 1. The highest BCUT2D eigenvalue weighted by Gasteiger charge is 2.05. The number of hydrogen-bond donors (Lipinski definition) is 2. The summed E-state index contributed by atoms with van der Waals surface area (Å²) in [6.45, 7) is 5.74. The number of ether oxygens (including phenoxy) is 1. The quantitative estimate of drug-likeness (QED) is 0.808. The van der Waals surface area contributed by atoms with Crippen LogP contribution in [0.1, 0.15) is 18.1 Å². The average molecular weight is 237 g/mol. The standard InChI is InChI=1S/C13H19NO3/c1-9-4-5-10(2)12(6-9)17-8-13(16)14-7-11(3)15/h4-6,11,15H,7-8H2,1-3H3,(H,14,16). The Labute approximate surface area is 102 Å². The van der Waals surface area contributed by atoms with Crippen molar-refractivity contribution in [3.63, 3.8) is 0 Å². The summed E-state index contributed by atoms with van der Waals surface area (Å²) < 4.78 is 5.42. The highest BCUT2D eigenvalue weighted by molar-refractivity contribution is 5.77. The van der Waals surface area contributed by atoms with Gasteiger partial charge in [0.15, 0.2) is 6.61 Å². The van der Waals surface area contributed by atoms with Crippen LogP contribution in [0.4, 0.5) is 0 Å².